The zero-order chi connectivity index (χ0) is 22.2. The van der Waals surface area contributed by atoms with Crippen molar-refractivity contribution in [2.45, 2.75) is 27.7 Å². The van der Waals surface area contributed by atoms with Crippen molar-refractivity contribution in [3.63, 3.8) is 0 Å². The Labute approximate surface area is 190 Å². The molecule has 1 aromatic heterocycles. The van der Waals surface area contributed by atoms with Gasteiger partial charge in [0, 0.05) is 32.7 Å². The molecule has 0 amide bonds. The van der Waals surface area contributed by atoms with Crippen molar-refractivity contribution >= 4 is 40.6 Å². The van der Waals surface area contributed by atoms with Crippen LogP contribution in [0.25, 0.3) is 16.9 Å². The van der Waals surface area contributed by atoms with Crippen LogP contribution >= 0.6 is 34.8 Å². The molecule has 7 heteroatoms. The van der Waals surface area contributed by atoms with Crippen LogP contribution in [0, 0.1) is 12.3 Å². The molecule has 0 aliphatic heterocycles. The third-order valence-electron chi connectivity index (χ3n) is 4.65. The van der Waals surface area contributed by atoms with Crippen LogP contribution in [0.1, 0.15) is 36.8 Å². The molecule has 0 saturated carbocycles. The van der Waals surface area contributed by atoms with Crippen LogP contribution in [0.2, 0.25) is 15.1 Å². The summed E-state index contributed by atoms with van der Waals surface area (Å²) >= 11 is 18.5. The molecule has 1 heterocycles. The SMILES string of the molecule is Cc1c(C(=O)C=C(O)C(C)(C)C)nn(-c2ccc(Cl)cc2Cl)c1-c1ccc(Cl)cc1. The lowest BCUT2D eigenvalue weighted by Crippen LogP contribution is -2.11. The van der Waals surface area contributed by atoms with Gasteiger partial charge in [-0.3, -0.25) is 4.79 Å². The van der Waals surface area contributed by atoms with E-state index in [0.717, 1.165) is 5.56 Å². The number of aromatic nitrogens is 2. The molecule has 0 bridgehead atoms. The van der Waals surface area contributed by atoms with Gasteiger partial charge in [0.05, 0.1) is 16.4 Å². The molecule has 0 saturated heterocycles. The van der Waals surface area contributed by atoms with Gasteiger partial charge in [-0.15, -0.1) is 0 Å². The topological polar surface area (TPSA) is 55.1 Å². The third kappa shape index (κ3) is 4.56. The summed E-state index contributed by atoms with van der Waals surface area (Å²) in [6.45, 7) is 7.28. The first-order valence-electron chi connectivity index (χ1n) is 9.25. The second-order valence-electron chi connectivity index (χ2n) is 7.98. The number of hydrogen-bond donors (Lipinski definition) is 1. The Balaban J connectivity index is 2.24. The number of carbonyl (C=O) groups excluding carboxylic acids is 1. The van der Waals surface area contributed by atoms with Crippen molar-refractivity contribution in [3.05, 3.63) is 80.6 Å². The number of carbonyl (C=O) groups is 1. The first-order chi connectivity index (χ1) is 14.0. The van der Waals surface area contributed by atoms with Crippen LogP contribution in [0.3, 0.4) is 0 Å². The van der Waals surface area contributed by atoms with E-state index in [4.69, 9.17) is 34.8 Å². The lowest BCUT2D eigenvalue weighted by Gasteiger charge is -2.16. The Bertz CT molecular complexity index is 1140. The normalized spacial score (nSPS) is 12.3. The highest BCUT2D eigenvalue weighted by Crippen LogP contribution is 2.34. The molecular weight excluding hydrogens is 443 g/mol. The van der Waals surface area contributed by atoms with E-state index < -0.39 is 5.41 Å². The minimum atomic E-state index is -0.551. The molecule has 3 aromatic rings. The summed E-state index contributed by atoms with van der Waals surface area (Å²) in [6, 6.07) is 12.3. The Morgan fingerprint density at radius 1 is 1.03 bits per heavy atom. The first kappa shape index (κ1) is 22.4. The largest absolute Gasteiger partial charge is 0.512 e. The van der Waals surface area contributed by atoms with E-state index in [1.807, 2.05) is 39.8 Å². The van der Waals surface area contributed by atoms with E-state index in [9.17, 15) is 9.90 Å². The standard InChI is InChI=1S/C23H21Cl3N2O2/c1-13-21(19(29)12-20(30)23(2,3)4)27-28(18-10-9-16(25)11-17(18)26)22(13)14-5-7-15(24)8-6-14/h5-12,30H,1-4H3. The van der Waals surface area contributed by atoms with Gasteiger partial charge in [0.15, 0.2) is 0 Å². The van der Waals surface area contributed by atoms with Gasteiger partial charge in [-0.2, -0.15) is 5.10 Å². The van der Waals surface area contributed by atoms with Gasteiger partial charge in [0.25, 0.3) is 0 Å². The lowest BCUT2D eigenvalue weighted by molar-refractivity contribution is 0.103. The molecule has 3 rings (SSSR count). The first-order valence-corrected chi connectivity index (χ1v) is 10.4. The zero-order valence-electron chi connectivity index (χ0n) is 17.0. The van der Waals surface area contributed by atoms with Gasteiger partial charge in [-0.1, -0.05) is 67.7 Å². The summed E-state index contributed by atoms with van der Waals surface area (Å²) in [5.74, 6) is -0.405. The second kappa shape index (κ2) is 8.46. The Morgan fingerprint density at radius 3 is 2.20 bits per heavy atom. The lowest BCUT2D eigenvalue weighted by atomic mass is 9.92. The smallest absolute Gasteiger partial charge is 0.209 e. The highest BCUT2D eigenvalue weighted by atomic mass is 35.5. The highest BCUT2D eigenvalue weighted by molar-refractivity contribution is 6.35. The molecule has 0 atom stereocenters. The average molecular weight is 464 g/mol. The monoisotopic (exact) mass is 462 g/mol. The van der Waals surface area contributed by atoms with Crippen LogP contribution in [-0.4, -0.2) is 20.7 Å². The van der Waals surface area contributed by atoms with Crippen molar-refractivity contribution < 1.29 is 9.90 Å². The minimum absolute atomic E-state index is 0.0148. The fourth-order valence-electron chi connectivity index (χ4n) is 2.91. The fraction of sp³-hybridized carbons (Fsp3) is 0.217. The summed E-state index contributed by atoms with van der Waals surface area (Å²) in [6.07, 6.45) is 1.22. The quantitative estimate of drug-likeness (QED) is 0.248. The number of rotatable bonds is 4. The van der Waals surface area contributed by atoms with Crippen LogP contribution in [0.4, 0.5) is 0 Å². The number of nitrogens with zero attached hydrogens (tertiary/aromatic N) is 2. The van der Waals surface area contributed by atoms with E-state index in [0.29, 0.717) is 32.0 Å². The predicted octanol–water partition coefficient (Wildman–Crippen LogP) is 7.48. The number of ketones is 1. The maximum absolute atomic E-state index is 13.0. The summed E-state index contributed by atoms with van der Waals surface area (Å²) < 4.78 is 1.62. The molecule has 0 fully saturated rings. The zero-order valence-corrected chi connectivity index (χ0v) is 19.3. The van der Waals surface area contributed by atoms with Gasteiger partial charge in [-0.25, -0.2) is 4.68 Å². The molecule has 0 radical (unpaired) electrons. The van der Waals surface area contributed by atoms with E-state index in [-0.39, 0.29) is 17.2 Å². The summed E-state index contributed by atoms with van der Waals surface area (Å²) in [5.41, 5.74) is 2.43. The highest BCUT2D eigenvalue weighted by Gasteiger charge is 2.24. The summed E-state index contributed by atoms with van der Waals surface area (Å²) in [5, 5.41) is 16.3. The Hall–Kier alpha value is -2.27. The van der Waals surface area contributed by atoms with E-state index >= 15 is 0 Å². The summed E-state index contributed by atoms with van der Waals surface area (Å²) in [7, 11) is 0. The molecular formula is C23H21Cl3N2O2. The molecule has 1 N–H and O–H groups in total. The number of hydrogen-bond acceptors (Lipinski definition) is 3. The van der Waals surface area contributed by atoms with E-state index in [1.165, 1.54) is 6.08 Å². The maximum Gasteiger partial charge on any atom is 0.209 e. The molecule has 2 aromatic carbocycles. The molecule has 4 nitrogen and oxygen atoms in total. The van der Waals surface area contributed by atoms with Crippen molar-refractivity contribution in [1.29, 1.82) is 0 Å². The molecule has 0 unspecified atom stereocenters. The maximum atomic E-state index is 13.0. The van der Waals surface area contributed by atoms with Crippen LogP contribution in [0.15, 0.2) is 54.3 Å². The Kier molecular flexibility index (Phi) is 6.32. The van der Waals surface area contributed by atoms with E-state index in [1.54, 1.807) is 35.0 Å². The fourth-order valence-corrected chi connectivity index (χ4v) is 3.53. The van der Waals surface area contributed by atoms with Crippen LogP contribution < -0.4 is 0 Å². The number of halogens is 3. The van der Waals surface area contributed by atoms with Gasteiger partial charge in [0.2, 0.25) is 5.78 Å². The van der Waals surface area contributed by atoms with Crippen molar-refractivity contribution in [3.8, 4) is 16.9 Å². The number of allylic oxidation sites excluding steroid dienone is 2. The average Bonchev–Trinajstić information content (AvgIpc) is 2.98. The minimum Gasteiger partial charge on any atom is -0.512 e. The molecule has 0 spiro atoms. The van der Waals surface area contributed by atoms with Crippen molar-refractivity contribution in [2.24, 2.45) is 5.41 Å². The van der Waals surface area contributed by atoms with Gasteiger partial charge in [-0.05, 0) is 37.3 Å². The van der Waals surface area contributed by atoms with Crippen LogP contribution in [-0.2, 0) is 0 Å². The molecule has 0 aliphatic carbocycles. The van der Waals surface area contributed by atoms with Crippen molar-refractivity contribution in [1.82, 2.24) is 9.78 Å². The van der Waals surface area contributed by atoms with Gasteiger partial charge >= 0.3 is 0 Å². The number of aliphatic hydroxyl groups excluding tert-OH is 1. The van der Waals surface area contributed by atoms with Crippen molar-refractivity contribution in [2.75, 3.05) is 0 Å². The second-order valence-corrected chi connectivity index (χ2v) is 9.26. The Morgan fingerprint density at radius 2 is 1.63 bits per heavy atom. The number of aliphatic hydroxyl groups is 1. The molecule has 156 valence electrons. The number of benzene rings is 2. The summed E-state index contributed by atoms with van der Waals surface area (Å²) in [4.78, 5) is 13.0. The predicted molar refractivity (Wildman–Crippen MR) is 123 cm³/mol. The van der Waals surface area contributed by atoms with Gasteiger partial charge < -0.3 is 5.11 Å². The van der Waals surface area contributed by atoms with Crippen LogP contribution in [0.5, 0.6) is 0 Å². The molecule has 30 heavy (non-hydrogen) atoms. The van der Waals surface area contributed by atoms with E-state index in [2.05, 4.69) is 5.10 Å². The van der Waals surface area contributed by atoms with Gasteiger partial charge in [0.1, 0.15) is 11.5 Å². The third-order valence-corrected chi connectivity index (χ3v) is 5.44. The molecule has 0 aliphatic rings.